The first-order chi connectivity index (χ1) is 4.74. The Hall–Kier alpha value is -1.12. The first kappa shape index (κ1) is 6.99. The van der Waals surface area contributed by atoms with Crippen LogP contribution in [0, 0.1) is 13.8 Å². The van der Waals surface area contributed by atoms with Gasteiger partial charge in [0.05, 0.1) is 17.1 Å². The second-order valence-electron chi connectivity index (χ2n) is 2.23. The lowest BCUT2D eigenvalue weighted by atomic mass is 10.3. The Labute approximate surface area is 60.5 Å². The molecule has 0 spiro atoms. The predicted octanol–water partition coefficient (Wildman–Crippen LogP) is 1.14. The third kappa shape index (κ3) is 1.23. The highest BCUT2D eigenvalue weighted by atomic mass is 15.1. The van der Waals surface area contributed by atoms with Gasteiger partial charge in [-0.05, 0) is 19.9 Å². The average molecular weight is 137 g/mol. The van der Waals surface area contributed by atoms with Gasteiger partial charge in [0.25, 0.3) is 0 Å². The first-order valence-corrected chi connectivity index (χ1v) is 3.22. The molecular formula is C7H11N3. The SMILES string of the molecule is CNc1cc(C)nnc1C. The van der Waals surface area contributed by atoms with Crippen LogP contribution in [0.3, 0.4) is 0 Å². The van der Waals surface area contributed by atoms with Crippen LogP contribution < -0.4 is 5.32 Å². The molecule has 54 valence electrons. The van der Waals surface area contributed by atoms with Crippen LogP contribution in [0.15, 0.2) is 6.07 Å². The van der Waals surface area contributed by atoms with Crippen LogP contribution in [-0.2, 0) is 0 Å². The van der Waals surface area contributed by atoms with Gasteiger partial charge in [0.2, 0.25) is 0 Å². The van der Waals surface area contributed by atoms with Crippen LogP contribution in [0.25, 0.3) is 0 Å². The van der Waals surface area contributed by atoms with Crippen molar-refractivity contribution < 1.29 is 0 Å². The maximum atomic E-state index is 3.94. The number of aryl methyl sites for hydroxylation is 2. The highest BCUT2D eigenvalue weighted by Gasteiger charge is 1.96. The largest absolute Gasteiger partial charge is 0.387 e. The van der Waals surface area contributed by atoms with Crippen LogP contribution in [-0.4, -0.2) is 17.2 Å². The molecule has 0 amide bonds. The quantitative estimate of drug-likeness (QED) is 0.630. The van der Waals surface area contributed by atoms with Crippen LogP contribution in [0.1, 0.15) is 11.4 Å². The molecule has 1 aromatic heterocycles. The van der Waals surface area contributed by atoms with Crippen LogP contribution in [0.4, 0.5) is 5.69 Å². The maximum Gasteiger partial charge on any atom is 0.0831 e. The lowest BCUT2D eigenvalue weighted by Gasteiger charge is -2.02. The van der Waals surface area contributed by atoms with E-state index in [1.165, 1.54) is 0 Å². The minimum absolute atomic E-state index is 0.938. The molecule has 0 saturated carbocycles. The molecule has 1 rings (SSSR count). The van der Waals surface area contributed by atoms with E-state index in [2.05, 4.69) is 15.5 Å². The number of rotatable bonds is 1. The van der Waals surface area contributed by atoms with Crippen molar-refractivity contribution in [3.63, 3.8) is 0 Å². The van der Waals surface area contributed by atoms with E-state index in [0.717, 1.165) is 17.1 Å². The second-order valence-corrected chi connectivity index (χ2v) is 2.23. The van der Waals surface area contributed by atoms with Gasteiger partial charge < -0.3 is 5.32 Å². The summed E-state index contributed by atoms with van der Waals surface area (Å²) in [6.45, 7) is 3.85. The minimum atomic E-state index is 0.938. The summed E-state index contributed by atoms with van der Waals surface area (Å²) in [6, 6.07) is 1.97. The minimum Gasteiger partial charge on any atom is -0.387 e. The number of nitrogens with one attached hydrogen (secondary N) is 1. The molecule has 3 nitrogen and oxygen atoms in total. The standard InChI is InChI=1S/C7H11N3/c1-5-4-7(8-3)6(2)10-9-5/h4H,1-3H3,(H,8,9). The second kappa shape index (κ2) is 2.64. The fourth-order valence-electron chi connectivity index (χ4n) is 0.803. The zero-order valence-electron chi connectivity index (χ0n) is 6.47. The molecule has 0 aliphatic rings. The van der Waals surface area contributed by atoms with Crippen LogP contribution in [0.5, 0.6) is 0 Å². The zero-order chi connectivity index (χ0) is 7.56. The summed E-state index contributed by atoms with van der Waals surface area (Å²) in [5.74, 6) is 0. The van der Waals surface area contributed by atoms with E-state index < -0.39 is 0 Å². The highest BCUT2D eigenvalue weighted by Crippen LogP contribution is 2.09. The zero-order valence-corrected chi connectivity index (χ0v) is 6.47. The molecule has 0 bridgehead atoms. The van der Waals surface area contributed by atoms with Crippen molar-refractivity contribution in [2.45, 2.75) is 13.8 Å². The number of aromatic nitrogens is 2. The van der Waals surface area contributed by atoms with Crippen molar-refractivity contribution in [3.05, 3.63) is 17.5 Å². The Morgan fingerprint density at radius 1 is 1.30 bits per heavy atom. The van der Waals surface area contributed by atoms with E-state index in [1.807, 2.05) is 27.0 Å². The van der Waals surface area contributed by atoms with Crippen LogP contribution >= 0.6 is 0 Å². The van der Waals surface area contributed by atoms with Gasteiger partial charge in [-0.25, -0.2) is 0 Å². The Kier molecular flexibility index (Phi) is 1.85. The van der Waals surface area contributed by atoms with Gasteiger partial charge in [-0.3, -0.25) is 0 Å². The van der Waals surface area contributed by atoms with Gasteiger partial charge in [-0.2, -0.15) is 10.2 Å². The summed E-state index contributed by atoms with van der Waals surface area (Å²) in [4.78, 5) is 0. The third-order valence-corrected chi connectivity index (χ3v) is 1.37. The first-order valence-electron chi connectivity index (χ1n) is 3.22. The third-order valence-electron chi connectivity index (χ3n) is 1.37. The van der Waals surface area contributed by atoms with Crippen molar-refractivity contribution in [1.82, 2.24) is 10.2 Å². The molecule has 0 aromatic carbocycles. The van der Waals surface area contributed by atoms with Gasteiger partial charge in [-0.15, -0.1) is 0 Å². The number of hydrogen-bond acceptors (Lipinski definition) is 3. The summed E-state index contributed by atoms with van der Waals surface area (Å²) in [5, 5.41) is 10.9. The molecule has 1 aromatic rings. The maximum absolute atomic E-state index is 3.94. The molecule has 0 saturated heterocycles. The molecule has 0 aliphatic carbocycles. The van der Waals surface area contributed by atoms with Gasteiger partial charge in [0.1, 0.15) is 0 Å². The number of anilines is 1. The highest BCUT2D eigenvalue weighted by molar-refractivity contribution is 5.46. The molecule has 1 heterocycles. The molecule has 3 heteroatoms. The Balaban J connectivity index is 3.09. The van der Waals surface area contributed by atoms with Crippen molar-refractivity contribution in [2.75, 3.05) is 12.4 Å². The number of hydrogen-bond donors (Lipinski definition) is 1. The molecule has 0 unspecified atom stereocenters. The van der Waals surface area contributed by atoms with Crippen molar-refractivity contribution in [2.24, 2.45) is 0 Å². The van der Waals surface area contributed by atoms with E-state index >= 15 is 0 Å². The fraction of sp³-hybridized carbons (Fsp3) is 0.429. The van der Waals surface area contributed by atoms with Crippen molar-refractivity contribution in [3.8, 4) is 0 Å². The molecule has 0 fully saturated rings. The normalized spacial score (nSPS) is 9.50. The monoisotopic (exact) mass is 137 g/mol. The van der Waals surface area contributed by atoms with Crippen LogP contribution in [0.2, 0.25) is 0 Å². The summed E-state index contributed by atoms with van der Waals surface area (Å²) >= 11 is 0. The lowest BCUT2D eigenvalue weighted by Crippen LogP contribution is -1.97. The van der Waals surface area contributed by atoms with E-state index in [-0.39, 0.29) is 0 Å². The molecule has 0 atom stereocenters. The summed E-state index contributed by atoms with van der Waals surface area (Å²) < 4.78 is 0. The van der Waals surface area contributed by atoms with E-state index in [0.29, 0.717) is 0 Å². The van der Waals surface area contributed by atoms with Crippen molar-refractivity contribution >= 4 is 5.69 Å². The van der Waals surface area contributed by atoms with Gasteiger partial charge in [0, 0.05) is 7.05 Å². The van der Waals surface area contributed by atoms with Gasteiger partial charge >= 0.3 is 0 Å². The Morgan fingerprint density at radius 3 is 2.50 bits per heavy atom. The topological polar surface area (TPSA) is 37.8 Å². The van der Waals surface area contributed by atoms with Gasteiger partial charge in [0.15, 0.2) is 0 Å². The van der Waals surface area contributed by atoms with Gasteiger partial charge in [-0.1, -0.05) is 0 Å². The van der Waals surface area contributed by atoms with E-state index in [9.17, 15) is 0 Å². The molecule has 10 heavy (non-hydrogen) atoms. The molecular weight excluding hydrogens is 126 g/mol. The molecule has 0 radical (unpaired) electrons. The van der Waals surface area contributed by atoms with E-state index in [4.69, 9.17) is 0 Å². The lowest BCUT2D eigenvalue weighted by molar-refractivity contribution is 0.942. The molecule has 0 aliphatic heterocycles. The van der Waals surface area contributed by atoms with Crippen molar-refractivity contribution in [1.29, 1.82) is 0 Å². The summed E-state index contributed by atoms with van der Waals surface area (Å²) in [5.41, 5.74) is 2.93. The smallest absolute Gasteiger partial charge is 0.0831 e. The summed E-state index contributed by atoms with van der Waals surface area (Å²) in [6.07, 6.45) is 0. The fourth-order valence-corrected chi connectivity index (χ4v) is 0.803. The Bertz CT molecular complexity index is 232. The Morgan fingerprint density at radius 2 is 2.00 bits per heavy atom. The predicted molar refractivity (Wildman–Crippen MR) is 41.1 cm³/mol. The summed E-state index contributed by atoms with van der Waals surface area (Å²) in [7, 11) is 1.88. The van der Waals surface area contributed by atoms with E-state index in [1.54, 1.807) is 0 Å². The molecule has 1 N–H and O–H groups in total. The average Bonchev–Trinajstić information content (AvgIpc) is 1.94. The number of nitrogens with zero attached hydrogens (tertiary/aromatic N) is 2.